The summed E-state index contributed by atoms with van der Waals surface area (Å²) in [7, 11) is 0. The van der Waals surface area contributed by atoms with Gasteiger partial charge in [-0.2, -0.15) is 0 Å². The van der Waals surface area contributed by atoms with E-state index in [0.29, 0.717) is 6.42 Å². The van der Waals surface area contributed by atoms with Gasteiger partial charge < -0.3 is 20.9 Å². The van der Waals surface area contributed by atoms with E-state index in [1.807, 2.05) is 32.0 Å². The summed E-state index contributed by atoms with van der Waals surface area (Å²) >= 11 is 0. The van der Waals surface area contributed by atoms with Crippen LogP contribution in [0.1, 0.15) is 16.7 Å². The Labute approximate surface area is 162 Å². The fourth-order valence-corrected chi connectivity index (χ4v) is 2.58. The third kappa shape index (κ3) is 7.11. The maximum absolute atomic E-state index is 12.2. The van der Waals surface area contributed by atoms with Crippen LogP contribution in [-0.2, 0) is 6.42 Å². The fraction of sp³-hybridized carbons (Fsp3) is 0.350. The highest BCUT2D eigenvalue weighted by Crippen LogP contribution is 2.23. The van der Waals surface area contributed by atoms with Crippen LogP contribution in [0.3, 0.4) is 0 Å². The molecule has 0 radical (unpaired) electrons. The Kier molecular flexibility index (Phi) is 7.28. The van der Waals surface area contributed by atoms with Crippen molar-refractivity contribution in [2.24, 2.45) is 16.6 Å². The third-order valence-electron chi connectivity index (χ3n) is 4.24. The van der Waals surface area contributed by atoms with Crippen LogP contribution in [0.15, 0.2) is 47.5 Å². The van der Waals surface area contributed by atoms with E-state index in [1.165, 1.54) is 29.8 Å². The third-order valence-corrected chi connectivity index (χ3v) is 4.24. The largest absolute Gasteiger partial charge is 0.573 e. The molecule has 28 heavy (non-hydrogen) atoms. The first kappa shape index (κ1) is 21.6. The average molecular weight is 395 g/mol. The quantitative estimate of drug-likeness (QED) is 0.492. The van der Waals surface area contributed by atoms with Gasteiger partial charge in [0.1, 0.15) is 5.75 Å². The Morgan fingerprint density at radius 1 is 1.14 bits per heavy atom. The predicted molar refractivity (Wildman–Crippen MR) is 103 cm³/mol. The number of aliphatic hydroxyl groups is 1. The molecular formula is C20H24F3N3O2. The van der Waals surface area contributed by atoms with Crippen LogP contribution in [0.2, 0.25) is 0 Å². The number of anilines is 1. The minimum absolute atomic E-state index is 0.124. The van der Waals surface area contributed by atoms with Crippen molar-refractivity contribution in [2.75, 3.05) is 18.5 Å². The van der Waals surface area contributed by atoms with Crippen LogP contribution >= 0.6 is 0 Å². The number of ether oxygens (including phenoxy) is 1. The molecule has 0 bridgehead atoms. The van der Waals surface area contributed by atoms with Crippen molar-refractivity contribution in [1.82, 2.24) is 0 Å². The Morgan fingerprint density at radius 3 is 2.39 bits per heavy atom. The summed E-state index contributed by atoms with van der Waals surface area (Å²) in [6.45, 7) is 4.17. The first-order valence-electron chi connectivity index (χ1n) is 8.76. The first-order valence-corrected chi connectivity index (χ1v) is 8.76. The van der Waals surface area contributed by atoms with Crippen LogP contribution in [0.4, 0.5) is 18.9 Å². The highest BCUT2D eigenvalue weighted by atomic mass is 19.4. The van der Waals surface area contributed by atoms with E-state index in [1.54, 1.807) is 0 Å². The standard InChI is InChI=1S/C20H24F3N3O2/c1-13-3-6-17(9-14(13)2)26-19(24)25-11-16(12-27)10-15-4-7-18(8-5-15)28-20(21,22)23/h3-9,16,27H,10-12H2,1-2H3,(H3,24,25,26). The molecule has 0 aromatic heterocycles. The smallest absolute Gasteiger partial charge is 0.406 e. The summed E-state index contributed by atoms with van der Waals surface area (Å²) < 4.78 is 40.4. The van der Waals surface area contributed by atoms with Crippen molar-refractivity contribution in [3.05, 3.63) is 59.2 Å². The number of aliphatic hydroxyl groups excluding tert-OH is 1. The van der Waals surface area contributed by atoms with Crippen molar-refractivity contribution in [3.63, 3.8) is 0 Å². The van der Waals surface area contributed by atoms with Gasteiger partial charge in [0.2, 0.25) is 0 Å². The molecule has 0 fully saturated rings. The van der Waals surface area contributed by atoms with Gasteiger partial charge in [-0.05, 0) is 61.2 Å². The lowest BCUT2D eigenvalue weighted by atomic mass is 10.0. The number of guanidine groups is 1. The number of aryl methyl sites for hydroxylation is 2. The average Bonchev–Trinajstić information content (AvgIpc) is 2.62. The van der Waals surface area contributed by atoms with Gasteiger partial charge in [-0.3, -0.25) is 4.99 Å². The van der Waals surface area contributed by atoms with E-state index in [0.717, 1.165) is 16.8 Å². The van der Waals surface area contributed by atoms with E-state index in [-0.39, 0.29) is 30.8 Å². The Bertz CT molecular complexity index is 805. The molecule has 0 spiro atoms. The highest BCUT2D eigenvalue weighted by Gasteiger charge is 2.30. The maximum atomic E-state index is 12.2. The van der Waals surface area contributed by atoms with E-state index in [4.69, 9.17) is 5.73 Å². The van der Waals surface area contributed by atoms with E-state index >= 15 is 0 Å². The van der Waals surface area contributed by atoms with Gasteiger partial charge >= 0.3 is 6.36 Å². The van der Waals surface area contributed by atoms with Crippen LogP contribution in [0.25, 0.3) is 0 Å². The van der Waals surface area contributed by atoms with Gasteiger partial charge in [0.05, 0.1) is 0 Å². The molecule has 2 aromatic rings. The SMILES string of the molecule is Cc1ccc(NC(N)=NCC(CO)Cc2ccc(OC(F)(F)F)cc2)cc1C. The summed E-state index contributed by atoms with van der Waals surface area (Å²) in [5.41, 5.74) is 9.80. The van der Waals surface area contributed by atoms with Crippen molar-refractivity contribution < 1.29 is 23.0 Å². The van der Waals surface area contributed by atoms with E-state index < -0.39 is 6.36 Å². The number of nitrogens with zero attached hydrogens (tertiary/aromatic N) is 1. The van der Waals surface area contributed by atoms with Gasteiger partial charge in [0, 0.05) is 24.8 Å². The number of rotatable bonds is 7. The molecule has 0 saturated heterocycles. The zero-order valence-electron chi connectivity index (χ0n) is 15.8. The summed E-state index contributed by atoms with van der Waals surface area (Å²) in [4.78, 5) is 4.25. The van der Waals surface area contributed by atoms with Crippen LogP contribution < -0.4 is 15.8 Å². The van der Waals surface area contributed by atoms with Gasteiger partial charge in [0.15, 0.2) is 5.96 Å². The molecular weight excluding hydrogens is 371 g/mol. The number of aliphatic imine (C=N–C) groups is 1. The molecule has 0 aliphatic heterocycles. The summed E-state index contributed by atoms with van der Waals surface area (Å²) in [5.74, 6) is -0.262. The molecule has 0 heterocycles. The Hall–Kier alpha value is -2.74. The van der Waals surface area contributed by atoms with E-state index in [2.05, 4.69) is 15.0 Å². The van der Waals surface area contributed by atoms with Crippen molar-refractivity contribution >= 4 is 11.6 Å². The van der Waals surface area contributed by atoms with E-state index in [9.17, 15) is 18.3 Å². The number of halogens is 3. The van der Waals surface area contributed by atoms with Gasteiger partial charge in [0.25, 0.3) is 0 Å². The van der Waals surface area contributed by atoms with Crippen LogP contribution in [0, 0.1) is 19.8 Å². The minimum atomic E-state index is -4.72. The summed E-state index contributed by atoms with van der Waals surface area (Å²) in [5, 5.41) is 12.6. The van der Waals surface area contributed by atoms with Crippen LogP contribution in [-0.4, -0.2) is 30.6 Å². The monoisotopic (exact) mass is 395 g/mol. The molecule has 2 rings (SSSR count). The lowest BCUT2D eigenvalue weighted by Gasteiger charge is -2.14. The number of hydrogen-bond acceptors (Lipinski definition) is 3. The molecule has 2 aromatic carbocycles. The number of hydrogen-bond donors (Lipinski definition) is 3. The van der Waals surface area contributed by atoms with Crippen LogP contribution in [0.5, 0.6) is 5.75 Å². The van der Waals surface area contributed by atoms with Crippen molar-refractivity contribution in [2.45, 2.75) is 26.6 Å². The topological polar surface area (TPSA) is 79.9 Å². The predicted octanol–water partition coefficient (Wildman–Crippen LogP) is 3.78. The second-order valence-electron chi connectivity index (χ2n) is 6.59. The Balaban J connectivity index is 1.92. The van der Waals surface area contributed by atoms with Crippen molar-refractivity contribution in [1.29, 1.82) is 0 Å². The fourth-order valence-electron chi connectivity index (χ4n) is 2.58. The second kappa shape index (κ2) is 9.45. The molecule has 8 heteroatoms. The molecule has 0 aliphatic carbocycles. The molecule has 152 valence electrons. The number of benzene rings is 2. The highest BCUT2D eigenvalue weighted by molar-refractivity contribution is 5.92. The molecule has 0 aliphatic rings. The zero-order chi connectivity index (χ0) is 20.7. The maximum Gasteiger partial charge on any atom is 0.573 e. The van der Waals surface area contributed by atoms with Gasteiger partial charge in [-0.15, -0.1) is 13.2 Å². The normalized spacial score (nSPS) is 13.3. The molecule has 1 unspecified atom stereocenters. The number of nitrogens with one attached hydrogen (secondary N) is 1. The molecule has 4 N–H and O–H groups in total. The zero-order valence-corrected chi connectivity index (χ0v) is 15.8. The van der Waals surface area contributed by atoms with Crippen molar-refractivity contribution in [3.8, 4) is 5.75 Å². The first-order chi connectivity index (χ1) is 13.2. The number of alkyl halides is 3. The second-order valence-corrected chi connectivity index (χ2v) is 6.59. The number of nitrogens with two attached hydrogens (primary N) is 1. The molecule has 0 amide bonds. The molecule has 0 saturated carbocycles. The Morgan fingerprint density at radius 2 is 1.82 bits per heavy atom. The van der Waals surface area contributed by atoms with Gasteiger partial charge in [-0.1, -0.05) is 18.2 Å². The lowest BCUT2D eigenvalue weighted by molar-refractivity contribution is -0.274. The van der Waals surface area contributed by atoms with Gasteiger partial charge in [-0.25, -0.2) is 0 Å². The minimum Gasteiger partial charge on any atom is -0.406 e. The lowest BCUT2D eigenvalue weighted by Crippen LogP contribution is -2.25. The summed E-state index contributed by atoms with van der Waals surface area (Å²) in [6.07, 6.45) is -4.27. The molecule has 1 atom stereocenters. The molecule has 5 nitrogen and oxygen atoms in total. The summed E-state index contributed by atoms with van der Waals surface area (Å²) in [6, 6.07) is 11.4.